The lowest BCUT2D eigenvalue weighted by atomic mass is 10.0. The van der Waals surface area contributed by atoms with Crippen molar-refractivity contribution in [2.24, 2.45) is 4.99 Å². The molecule has 0 atom stereocenters. The van der Waals surface area contributed by atoms with Crippen LogP contribution in [-0.2, 0) is 11.3 Å². The van der Waals surface area contributed by atoms with Crippen molar-refractivity contribution in [2.75, 3.05) is 0 Å². The van der Waals surface area contributed by atoms with Crippen molar-refractivity contribution in [1.82, 2.24) is 25.0 Å². The maximum Gasteiger partial charge on any atom is 0.275 e. The van der Waals surface area contributed by atoms with Crippen LogP contribution in [0.4, 0.5) is 5.82 Å². The number of pyridine rings is 1. The number of H-pyrrole nitrogens is 2. The van der Waals surface area contributed by atoms with E-state index in [0.29, 0.717) is 28.4 Å². The summed E-state index contributed by atoms with van der Waals surface area (Å²) in [6, 6.07) is 10.9. The third-order valence-electron chi connectivity index (χ3n) is 4.36. The number of carbonyl (C=O) groups is 1. The van der Waals surface area contributed by atoms with E-state index in [2.05, 4.69) is 25.3 Å². The summed E-state index contributed by atoms with van der Waals surface area (Å²) < 4.78 is 1.47. The maximum atomic E-state index is 12.6. The number of nitrogens with zero attached hydrogens (tertiary/aromatic N) is 4. The zero-order valence-electron chi connectivity index (χ0n) is 13.4. The van der Waals surface area contributed by atoms with Crippen molar-refractivity contribution in [1.29, 1.82) is 0 Å². The van der Waals surface area contributed by atoms with Gasteiger partial charge in [-0.3, -0.25) is 29.5 Å². The Morgan fingerprint density at radius 3 is 2.88 bits per heavy atom. The van der Waals surface area contributed by atoms with Gasteiger partial charge in [0.2, 0.25) is 5.78 Å². The van der Waals surface area contributed by atoms with E-state index in [9.17, 15) is 9.59 Å². The van der Waals surface area contributed by atoms with Crippen molar-refractivity contribution in [2.45, 2.75) is 6.54 Å². The van der Waals surface area contributed by atoms with Gasteiger partial charge in [-0.25, -0.2) is 4.99 Å². The van der Waals surface area contributed by atoms with E-state index in [-0.39, 0.29) is 17.9 Å². The molecule has 0 saturated carbocycles. The normalized spacial score (nSPS) is 13.7. The molecular weight excluding hydrogens is 332 g/mol. The molecule has 8 nitrogen and oxygen atoms in total. The van der Waals surface area contributed by atoms with Crippen molar-refractivity contribution < 1.29 is 4.79 Å². The van der Waals surface area contributed by atoms with Crippen LogP contribution >= 0.6 is 0 Å². The van der Waals surface area contributed by atoms with Gasteiger partial charge in [0.05, 0.1) is 17.4 Å². The van der Waals surface area contributed by atoms with E-state index in [1.165, 1.54) is 4.68 Å². The first-order valence-corrected chi connectivity index (χ1v) is 8.00. The van der Waals surface area contributed by atoms with Crippen LogP contribution in [-0.4, -0.2) is 36.5 Å². The average molecular weight is 344 g/mol. The standard InChI is InChI=1S/C18H12N6O2/c25-14-9-24-17(15(18(26)23-24)13-3-1-2-6-19-13)21-16(14)10-4-5-12-11(7-10)8-20-22-12/h1-8H,9H2,(H,20,22)(H,23,26). The zero-order valence-corrected chi connectivity index (χ0v) is 13.4. The molecule has 4 aromatic rings. The molecule has 4 heterocycles. The lowest BCUT2D eigenvalue weighted by molar-refractivity contribution is -0.113. The number of carbonyl (C=O) groups excluding carboxylic acids is 1. The molecule has 126 valence electrons. The fraction of sp³-hybridized carbons (Fsp3) is 0.0556. The summed E-state index contributed by atoms with van der Waals surface area (Å²) in [5.74, 6) is 0.245. The van der Waals surface area contributed by atoms with Crippen molar-refractivity contribution in [3.05, 3.63) is 64.7 Å². The summed E-state index contributed by atoms with van der Waals surface area (Å²) in [6.07, 6.45) is 3.31. The van der Waals surface area contributed by atoms with Crippen LogP contribution in [0.3, 0.4) is 0 Å². The smallest absolute Gasteiger partial charge is 0.275 e. The SMILES string of the molecule is O=C1Cn2[nH]c(=O)c(-c3ccccn3)c2N=C1c1ccc2[nH]ncc2c1. The van der Waals surface area contributed by atoms with E-state index in [1.54, 1.807) is 30.6 Å². The molecule has 0 spiro atoms. The van der Waals surface area contributed by atoms with E-state index >= 15 is 0 Å². The van der Waals surface area contributed by atoms with Crippen LogP contribution in [0.15, 0.2) is 58.6 Å². The van der Waals surface area contributed by atoms with Crippen LogP contribution in [0.5, 0.6) is 0 Å². The van der Waals surface area contributed by atoms with E-state index in [4.69, 9.17) is 0 Å². The van der Waals surface area contributed by atoms with Crippen LogP contribution in [0.2, 0.25) is 0 Å². The average Bonchev–Trinajstić information content (AvgIpc) is 3.24. The quantitative estimate of drug-likeness (QED) is 0.578. The Balaban J connectivity index is 1.71. The Morgan fingerprint density at radius 1 is 1.12 bits per heavy atom. The topological polar surface area (TPSA) is 109 Å². The molecule has 1 aromatic carbocycles. The van der Waals surface area contributed by atoms with Crippen LogP contribution in [0, 0.1) is 0 Å². The molecule has 0 amide bonds. The van der Waals surface area contributed by atoms with Gasteiger partial charge < -0.3 is 0 Å². The number of rotatable bonds is 2. The number of hydrogen-bond acceptors (Lipinski definition) is 5. The molecule has 0 aliphatic carbocycles. The molecule has 3 aromatic heterocycles. The summed E-state index contributed by atoms with van der Waals surface area (Å²) in [7, 11) is 0. The summed E-state index contributed by atoms with van der Waals surface area (Å²) >= 11 is 0. The minimum absolute atomic E-state index is 0.0274. The second-order valence-corrected chi connectivity index (χ2v) is 6.00. The van der Waals surface area contributed by atoms with Gasteiger partial charge in [-0.15, -0.1) is 0 Å². The highest BCUT2D eigenvalue weighted by atomic mass is 16.1. The fourth-order valence-corrected chi connectivity index (χ4v) is 3.14. The molecule has 5 rings (SSSR count). The van der Waals surface area contributed by atoms with Gasteiger partial charge >= 0.3 is 0 Å². The Hall–Kier alpha value is -3.81. The van der Waals surface area contributed by atoms with Gasteiger partial charge in [0.25, 0.3) is 5.56 Å². The predicted octanol–water partition coefficient (Wildman–Crippen LogP) is 1.82. The number of fused-ring (bicyclic) bond motifs is 2. The largest absolute Gasteiger partial charge is 0.290 e. The number of hydrogen-bond donors (Lipinski definition) is 2. The minimum atomic E-state index is -0.318. The van der Waals surface area contributed by atoms with Crippen LogP contribution in [0.1, 0.15) is 5.56 Å². The number of aliphatic imine (C=N–C) groups is 1. The Bertz CT molecular complexity index is 1250. The van der Waals surface area contributed by atoms with Gasteiger partial charge in [-0.2, -0.15) is 5.10 Å². The molecule has 0 bridgehead atoms. The second-order valence-electron chi connectivity index (χ2n) is 6.00. The van der Waals surface area contributed by atoms with Crippen molar-refractivity contribution in [3.8, 4) is 11.3 Å². The third-order valence-corrected chi connectivity index (χ3v) is 4.36. The predicted molar refractivity (Wildman–Crippen MR) is 95.6 cm³/mol. The zero-order chi connectivity index (χ0) is 17.7. The summed E-state index contributed by atoms with van der Waals surface area (Å²) in [5.41, 5.74) is 2.46. The first-order valence-electron chi connectivity index (χ1n) is 8.00. The molecule has 2 N–H and O–H groups in total. The first kappa shape index (κ1) is 14.5. The third kappa shape index (κ3) is 2.12. The van der Waals surface area contributed by atoms with Crippen molar-refractivity contribution >= 4 is 28.2 Å². The number of nitrogens with one attached hydrogen (secondary N) is 2. The second kappa shape index (κ2) is 5.35. The lowest BCUT2D eigenvalue weighted by Crippen LogP contribution is -2.25. The van der Waals surface area contributed by atoms with E-state index in [0.717, 1.165) is 10.9 Å². The van der Waals surface area contributed by atoms with Gasteiger partial charge in [0.1, 0.15) is 17.8 Å². The van der Waals surface area contributed by atoms with Crippen LogP contribution in [0.25, 0.3) is 22.2 Å². The molecule has 26 heavy (non-hydrogen) atoms. The maximum absolute atomic E-state index is 12.6. The number of aromatic nitrogens is 5. The number of ketones is 1. The Morgan fingerprint density at radius 2 is 2.04 bits per heavy atom. The number of Topliss-reactive ketones (excluding diaryl/α,β-unsaturated/α-hetero) is 1. The summed E-state index contributed by atoms with van der Waals surface area (Å²) in [6.45, 7) is 0.0274. The molecule has 1 aliphatic rings. The molecule has 0 radical (unpaired) electrons. The fourth-order valence-electron chi connectivity index (χ4n) is 3.14. The highest BCUT2D eigenvalue weighted by molar-refractivity contribution is 6.47. The molecule has 0 saturated heterocycles. The van der Waals surface area contributed by atoms with Gasteiger partial charge in [-0.05, 0) is 24.3 Å². The lowest BCUT2D eigenvalue weighted by Gasteiger charge is -2.14. The molecular formula is C18H12N6O2. The van der Waals surface area contributed by atoms with Gasteiger partial charge in [-0.1, -0.05) is 12.1 Å². The Kier molecular flexibility index (Phi) is 2.99. The molecule has 8 heteroatoms. The van der Waals surface area contributed by atoms with Crippen molar-refractivity contribution in [3.63, 3.8) is 0 Å². The Labute approximate surface area is 146 Å². The number of benzene rings is 1. The molecule has 0 unspecified atom stereocenters. The highest BCUT2D eigenvalue weighted by Gasteiger charge is 2.27. The van der Waals surface area contributed by atoms with E-state index < -0.39 is 0 Å². The minimum Gasteiger partial charge on any atom is -0.290 e. The number of aromatic amines is 2. The van der Waals surface area contributed by atoms with E-state index in [1.807, 2.05) is 18.2 Å². The monoisotopic (exact) mass is 344 g/mol. The molecule has 0 fully saturated rings. The highest BCUT2D eigenvalue weighted by Crippen LogP contribution is 2.29. The summed E-state index contributed by atoms with van der Waals surface area (Å²) in [5, 5.41) is 10.4. The molecule has 1 aliphatic heterocycles. The van der Waals surface area contributed by atoms with Gasteiger partial charge in [0.15, 0.2) is 5.82 Å². The summed E-state index contributed by atoms with van der Waals surface area (Å²) in [4.78, 5) is 33.7. The first-order chi connectivity index (χ1) is 12.7. The van der Waals surface area contributed by atoms with Crippen LogP contribution < -0.4 is 5.56 Å². The van der Waals surface area contributed by atoms with Gasteiger partial charge in [0, 0.05) is 17.1 Å².